The fourth-order valence-corrected chi connectivity index (χ4v) is 6.10. The monoisotopic (exact) mass is 792 g/mol. The Morgan fingerprint density at radius 3 is 2.13 bits per heavy atom. The first-order valence-corrected chi connectivity index (χ1v) is 16.2. The zero-order valence-corrected chi connectivity index (χ0v) is 30.0. The summed E-state index contributed by atoms with van der Waals surface area (Å²) >= 11 is 0. The molecular formula is C40H43IrN2O3-. The molecule has 46 heavy (non-hydrogen) atoms. The molecule has 6 heteroatoms. The van der Waals surface area contributed by atoms with E-state index in [1.165, 1.54) is 22.4 Å². The van der Waals surface area contributed by atoms with Gasteiger partial charge in [0.1, 0.15) is 23.0 Å². The van der Waals surface area contributed by atoms with E-state index in [9.17, 15) is 9.90 Å². The number of carbonyl (C=O) groups excluding carboxylic acids is 1. The molecule has 0 aliphatic carbocycles. The van der Waals surface area contributed by atoms with Crippen LogP contribution in [0.15, 0.2) is 89.3 Å². The largest absolute Gasteiger partial charge is 0.512 e. The van der Waals surface area contributed by atoms with Crippen LogP contribution in [0.1, 0.15) is 78.7 Å². The Labute approximate surface area is 285 Å². The maximum absolute atomic E-state index is 11.7. The van der Waals surface area contributed by atoms with Gasteiger partial charge >= 0.3 is 0 Å². The SMILES string of the molecule is CC(C)c1cc(-c2ncnc3c2oc2cc4ccccc4cc23)[c-]c2ccccc12.CCC(CC)C(=O)/C=C(\O)C(CC)CC.[Ir]. The van der Waals surface area contributed by atoms with Gasteiger partial charge in [-0.3, -0.25) is 9.78 Å². The Balaban J connectivity index is 0.000000259. The third-order valence-corrected chi connectivity index (χ3v) is 8.89. The zero-order valence-electron chi connectivity index (χ0n) is 27.6. The first kappa shape index (κ1) is 35.0. The number of aliphatic hydroxyl groups excluding tert-OH is 1. The van der Waals surface area contributed by atoms with Crippen LogP contribution in [0.25, 0.3) is 54.9 Å². The van der Waals surface area contributed by atoms with Crippen molar-refractivity contribution in [2.45, 2.75) is 73.1 Å². The van der Waals surface area contributed by atoms with Crippen LogP contribution >= 0.6 is 0 Å². The van der Waals surface area contributed by atoms with Gasteiger partial charge < -0.3 is 9.52 Å². The normalized spacial score (nSPS) is 11.9. The Hall–Kier alpha value is -3.86. The van der Waals surface area contributed by atoms with Crippen LogP contribution in [0, 0.1) is 17.9 Å². The molecule has 0 fully saturated rings. The molecule has 0 saturated carbocycles. The molecule has 0 amide bonds. The second-order valence-corrected chi connectivity index (χ2v) is 12.0. The summed E-state index contributed by atoms with van der Waals surface area (Å²) < 4.78 is 6.31. The number of rotatable bonds is 9. The van der Waals surface area contributed by atoms with Crippen LogP contribution in [0.5, 0.6) is 0 Å². The van der Waals surface area contributed by atoms with E-state index >= 15 is 0 Å². The molecule has 1 radical (unpaired) electrons. The molecule has 2 aromatic heterocycles. The summed E-state index contributed by atoms with van der Waals surface area (Å²) in [5, 5.41) is 15.4. The van der Waals surface area contributed by atoms with E-state index in [2.05, 4.69) is 84.5 Å². The zero-order chi connectivity index (χ0) is 32.1. The van der Waals surface area contributed by atoms with Gasteiger partial charge in [-0.1, -0.05) is 95.0 Å². The summed E-state index contributed by atoms with van der Waals surface area (Å²) in [5.74, 6) is 0.938. The van der Waals surface area contributed by atoms with E-state index in [-0.39, 0.29) is 43.5 Å². The van der Waals surface area contributed by atoms with Gasteiger partial charge in [0.2, 0.25) is 0 Å². The predicted molar refractivity (Wildman–Crippen MR) is 187 cm³/mol. The molecule has 2 heterocycles. The van der Waals surface area contributed by atoms with Crippen molar-refractivity contribution in [2.24, 2.45) is 11.8 Å². The predicted octanol–water partition coefficient (Wildman–Crippen LogP) is 11.1. The molecule has 6 rings (SSSR count). The summed E-state index contributed by atoms with van der Waals surface area (Å²) in [6.07, 6.45) is 6.53. The molecule has 0 unspecified atom stereocenters. The molecule has 0 aliphatic heterocycles. The number of hydrogen-bond acceptors (Lipinski definition) is 5. The van der Waals surface area contributed by atoms with Gasteiger partial charge in [-0.15, -0.1) is 29.1 Å². The molecule has 0 aliphatic rings. The van der Waals surface area contributed by atoms with E-state index in [0.717, 1.165) is 64.2 Å². The van der Waals surface area contributed by atoms with Crippen LogP contribution in [0.2, 0.25) is 0 Å². The van der Waals surface area contributed by atoms with Gasteiger partial charge in [-0.05, 0) is 54.5 Å². The average molecular weight is 792 g/mol. The number of carbonyl (C=O) groups is 1. The van der Waals surface area contributed by atoms with Gasteiger partial charge in [0.05, 0.1) is 11.5 Å². The fraction of sp³-hybridized carbons (Fsp3) is 0.325. The second kappa shape index (κ2) is 15.6. The molecule has 5 nitrogen and oxygen atoms in total. The van der Waals surface area contributed by atoms with E-state index in [4.69, 9.17) is 4.42 Å². The summed E-state index contributed by atoms with van der Waals surface area (Å²) in [4.78, 5) is 20.9. The Morgan fingerprint density at radius 2 is 1.48 bits per heavy atom. The van der Waals surface area contributed by atoms with Crippen molar-refractivity contribution < 1.29 is 34.4 Å². The Bertz CT molecular complexity index is 1980. The number of aliphatic hydroxyl groups is 1. The second-order valence-electron chi connectivity index (χ2n) is 12.0. The molecule has 0 atom stereocenters. The number of aromatic nitrogens is 2. The first-order chi connectivity index (χ1) is 21.8. The number of hydrogen-bond donors (Lipinski definition) is 1. The smallest absolute Gasteiger partial charge is 0.162 e. The van der Waals surface area contributed by atoms with Crippen molar-refractivity contribution in [3.05, 3.63) is 96.5 Å². The van der Waals surface area contributed by atoms with Crippen LogP contribution in [0.4, 0.5) is 0 Å². The number of ketones is 1. The van der Waals surface area contributed by atoms with E-state index in [1.54, 1.807) is 6.33 Å². The van der Waals surface area contributed by atoms with E-state index in [0.29, 0.717) is 11.5 Å². The maximum Gasteiger partial charge on any atom is 0.162 e. The van der Waals surface area contributed by atoms with Gasteiger partial charge in [0.15, 0.2) is 5.78 Å². The van der Waals surface area contributed by atoms with Gasteiger partial charge in [0, 0.05) is 43.4 Å². The van der Waals surface area contributed by atoms with Gasteiger partial charge in [-0.2, -0.15) is 0 Å². The van der Waals surface area contributed by atoms with Crippen LogP contribution in [-0.2, 0) is 24.9 Å². The van der Waals surface area contributed by atoms with Crippen LogP contribution < -0.4 is 0 Å². The average Bonchev–Trinajstić information content (AvgIpc) is 3.42. The summed E-state index contributed by atoms with van der Waals surface area (Å²) in [6, 6.07) is 26.7. The molecular weight excluding hydrogens is 749 g/mol. The Morgan fingerprint density at radius 1 is 0.848 bits per heavy atom. The van der Waals surface area contributed by atoms with Crippen molar-refractivity contribution >= 4 is 49.4 Å². The number of furan rings is 1. The molecule has 0 bridgehead atoms. The third-order valence-electron chi connectivity index (χ3n) is 8.89. The summed E-state index contributed by atoms with van der Waals surface area (Å²) in [5.41, 5.74) is 5.39. The topological polar surface area (TPSA) is 76.2 Å². The number of nitrogens with zero attached hydrogens (tertiary/aromatic N) is 2. The summed E-state index contributed by atoms with van der Waals surface area (Å²) in [6.45, 7) is 12.5. The van der Waals surface area contributed by atoms with Crippen molar-refractivity contribution in [2.75, 3.05) is 0 Å². The molecule has 241 valence electrons. The Kier molecular flexibility index (Phi) is 11.9. The first-order valence-electron chi connectivity index (χ1n) is 16.2. The minimum absolute atomic E-state index is 0. The molecule has 1 N–H and O–H groups in total. The van der Waals surface area contributed by atoms with Crippen molar-refractivity contribution in [1.29, 1.82) is 0 Å². The van der Waals surface area contributed by atoms with Crippen molar-refractivity contribution in [3.8, 4) is 11.3 Å². The minimum Gasteiger partial charge on any atom is -0.512 e. The summed E-state index contributed by atoms with van der Waals surface area (Å²) in [7, 11) is 0. The van der Waals surface area contributed by atoms with Crippen LogP contribution in [-0.4, -0.2) is 20.9 Å². The fourth-order valence-electron chi connectivity index (χ4n) is 6.10. The van der Waals surface area contributed by atoms with E-state index in [1.807, 2.05) is 39.8 Å². The third kappa shape index (κ3) is 7.24. The quantitative estimate of drug-likeness (QED) is 0.0896. The van der Waals surface area contributed by atoms with Gasteiger partial charge in [0.25, 0.3) is 0 Å². The van der Waals surface area contributed by atoms with E-state index < -0.39 is 0 Å². The maximum atomic E-state index is 11.7. The number of fused-ring (bicyclic) bond motifs is 5. The van der Waals surface area contributed by atoms with Crippen molar-refractivity contribution in [3.63, 3.8) is 0 Å². The minimum atomic E-state index is 0. The van der Waals surface area contributed by atoms with Crippen LogP contribution in [0.3, 0.4) is 0 Å². The van der Waals surface area contributed by atoms with Crippen molar-refractivity contribution in [1.82, 2.24) is 9.97 Å². The standard InChI is InChI=1S/C27H19N2O.C13H24O2.Ir/c1-16(2)22-13-20(11-19-9-5-6-10-21(19)22)25-27-26(29-15-28-25)23-12-17-7-3-4-8-18(17)14-24(23)30-27;1-5-10(6-2)12(14)9-13(15)11(7-3)8-4;/h3-10,12-16H,1-2H3;9-11,14H,5-8H2,1-4H3;/q-1;;/b;12-9-;. The molecule has 0 spiro atoms. The number of benzene rings is 4. The molecule has 0 saturated heterocycles. The van der Waals surface area contributed by atoms with Gasteiger partial charge in [-0.25, -0.2) is 4.98 Å². The molecule has 4 aromatic carbocycles. The molecule has 6 aromatic rings. The number of allylic oxidation sites excluding steroid dienone is 2.